The number of unbranched alkanes of at least 4 members (excludes halogenated alkanes) is 2. The molecule has 1 N–H and O–H groups in total. The maximum atomic E-state index is 8.83. The summed E-state index contributed by atoms with van der Waals surface area (Å²) in [6, 6.07) is 0. The fraction of sp³-hybridized carbons (Fsp3) is 1.00. The molecule has 0 radical (unpaired) electrons. The Bertz CT molecular complexity index is 114. The normalized spacial score (nSPS) is 29.5. The third kappa shape index (κ3) is 3.11. The van der Waals surface area contributed by atoms with Crippen LogP contribution in [0.25, 0.3) is 0 Å². The highest BCUT2D eigenvalue weighted by Crippen LogP contribution is 2.23. The van der Waals surface area contributed by atoms with Crippen LogP contribution in [0.3, 0.4) is 0 Å². The summed E-state index contributed by atoms with van der Waals surface area (Å²) in [6.07, 6.45) is 7.82. The fourth-order valence-corrected chi connectivity index (χ4v) is 1.75. The van der Waals surface area contributed by atoms with E-state index in [2.05, 4.69) is 6.92 Å². The van der Waals surface area contributed by atoms with Gasteiger partial charge in [-0.05, 0) is 19.3 Å². The van der Waals surface area contributed by atoms with E-state index < -0.39 is 0 Å². The first-order chi connectivity index (χ1) is 5.86. The van der Waals surface area contributed by atoms with Gasteiger partial charge < -0.3 is 9.84 Å². The molecule has 1 rings (SSSR count). The van der Waals surface area contributed by atoms with E-state index in [4.69, 9.17) is 9.84 Å². The van der Waals surface area contributed by atoms with Crippen LogP contribution >= 0.6 is 0 Å². The highest BCUT2D eigenvalue weighted by Gasteiger charge is 2.23. The Hall–Kier alpha value is -0.0800. The highest BCUT2D eigenvalue weighted by atomic mass is 16.5. The molecule has 1 aliphatic rings. The molecule has 2 nitrogen and oxygen atoms in total. The van der Waals surface area contributed by atoms with Gasteiger partial charge in [-0.1, -0.05) is 26.2 Å². The molecule has 1 fully saturated rings. The zero-order valence-electron chi connectivity index (χ0n) is 7.96. The lowest BCUT2D eigenvalue weighted by atomic mass is 10.1. The molecule has 0 aromatic heterocycles. The number of ether oxygens (including phenoxy) is 1. The lowest BCUT2D eigenvalue weighted by Crippen LogP contribution is -2.14. The van der Waals surface area contributed by atoms with E-state index in [0.29, 0.717) is 6.10 Å². The van der Waals surface area contributed by atoms with E-state index in [9.17, 15) is 0 Å². The Morgan fingerprint density at radius 2 is 2.00 bits per heavy atom. The first-order valence-corrected chi connectivity index (χ1v) is 5.13. The highest BCUT2D eigenvalue weighted by molar-refractivity contribution is 4.72. The van der Waals surface area contributed by atoms with Crippen molar-refractivity contribution in [3.05, 3.63) is 0 Å². The lowest BCUT2D eigenvalue weighted by Gasteiger charge is -2.10. The van der Waals surface area contributed by atoms with Crippen LogP contribution in [0.5, 0.6) is 0 Å². The maximum Gasteiger partial charge on any atom is 0.0810 e. The predicted octanol–water partition coefficient (Wildman–Crippen LogP) is 2.11. The van der Waals surface area contributed by atoms with E-state index in [1.54, 1.807) is 0 Å². The van der Waals surface area contributed by atoms with E-state index in [1.165, 1.54) is 25.7 Å². The Balaban J connectivity index is 2.03. The summed E-state index contributed by atoms with van der Waals surface area (Å²) in [5, 5.41) is 8.83. The van der Waals surface area contributed by atoms with Crippen LogP contribution in [0.4, 0.5) is 0 Å². The predicted molar refractivity (Wildman–Crippen MR) is 49.1 cm³/mol. The Morgan fingerprint density at radius 3 is 2.58 bits per heavy atom. The largest absolute Gasteiger partial charge is 0.394 e. The van der Waals surface area contributed by atoms with Crippen LogP contribution in [0, 0.1) is 0 Å². The first kappa shape index (κ1) is 10.0. The third-order valence-electron chi connectivity index (χ3n) is 2.53. The quantitative estimate of drug-likeness (QED) is 0.643. The SMILES string of the molecule is CCCCC[C@H]1CC[C@@H](CO)O1. The number of aliphatic hydroxyl groups excluding tert-OH is 1. The van der Waals surface area contributed by atoms with Gasteiger partial charge in [0.2, 0.25) is 0 Å². The second kappa shape index (κ2) is 5.55. The molecular weight excluding hydrogens is 152 g/mol. The summed E-state index contributed by atoms with van der Waals surface area (Å²) in [5.74, 6) is 0. The van der Waals surface area contributed by atoms with E-state index in [0.717, 1.165) is 12.8 Å². The number of aliphatic hydroxyl groups is 1. The van der Waals surface area contributed by atoms with Gasteiger partial charge in [-0.15, -0.1) is 0 Å². The molecule has 2 heteroatoms. The second-order valence-corrected chi connectivity index (χ2v) is 3.64. The standard InChI is InChI=1S/C10H20O2/c1-2-3-4-5-9-6-7-10(8-11)12-9/h9-11H,2-8H2,1H3/t9-,10-/m0/s1. The van der Waals surface area contributed by atoms with Crippen LogP contribution in [-0.4, -0.2) is 23.9 Å². The van der Waals surface area contributed by atoms with Crippen LogP contribution < -0.4 is 0 Å². The van der Waals surface area contributed by atoms with Crippen LogP contribution in [-0.2, 0) is 4.74 Å². The van der Waals surface area contributed by atoms with Gasteiger partial charge in [0, 0.05) is 0 Å². The number of rotatable bonds is 5. The molecule has 0 aliphatic carbocycles. The molecule has 1 aliphatic heterocycles. The van der Waals surface area contributed by atoms with Crippen molar-refractivity contribution in [1.82, 2.24) is 0 Å². The summed E-state index contributed by atoms with van der Waals surface area (Å²) < 4.78 is 5.61. The van der Waals surface area contributed by atoms with Gasteiger partial charge in [0.25, 0.3) is 0 Å². The molecule has 12 heavy (non-hydrogen) atoms. The Morgan fingerprint density at radius 1 is 1.25 bits per heavy atom. The number of hydrogen-bond acceptors (Lipinski definition) is 2. The second-order valence-electron chi connectivity index (χ2n) is 3.64. The molecule has 2 atom stereocenters. The topological polar surface area (TPSA) is 29.5 Å². The molecule has 0 amide bonds. The van der Waals surface area contributed by atoms with Gasteiger partial charge in [0.1, 0.15) is 0 Å². The molecule has 0 spiro atoms. The smallest absolute Gasteiger partial charge is 0.0810 e. The van der Waals surface area contributed by atoms with Crippen molar-refractivity contribution in [3.8, 4) is 0 Å². The maximum absolute atomic E-state index is 8.83. The molecule has 0 aromatic rings. The minimum absolute atomic E-state index is 0.136. The summed E-state index contributed by atoms with van der Waals surface area (Å²) in [4.78, 5) is 0. The molecule has 0 saturated carbocycles. The van der Waals surface area contributed by atoms with Gasteiger partial charge in [-0.2, -0.15) is 0 Å². The van der Waals surface area contributed by atoms with E-state index in [-0.39, 0.29) is 12.7 Å². The minimum atomic E-state index is 0.136. The monoisotopic (exact) mass is 172 g/mol. The zero-order chi connectivity index (χ0) is 8.81. The summed E-state index contributed by atoms with van der Waals surface area (Å²) in [5.41, 5.74) is 0. The van der Waals surface area contributed by atoms with Crippen molar-refractivity contribution < 1.29 is 9.84 Å². The Labute approximate surface area is 74.9 Å². The molecule has 72 valence electrons. The van der Waals surface area contributed by atoms with E-state index >= 15 is 0 Å². The molecule has 0 aromatic carbocycles. The zero-order valence-corrected chi connectivity index (χ0v) is 7.96. The molecule has 1 saturated heterocycles. The average Bonchev–Trinajstić information content (AvgIpc) is 2.53. The lowest BCUT2D eigenvalue weighted by molar-refractivity contribution is 0.00762. The van der Waals surface area contributed by atoms with Crippen molar-refractivity contribution in [1.29, 1.82) is 0 Å². The van der Waals surface area contributed by atoms with Crippen LogP contribution in [0.2, 0.25) is 0 Å². The van der Waals surface area contributed by atoms with Gasteiger partial charge in [0.05, 0.1) is 18.8 Å². The molecule has 1 heterocycles. The van der Waals surface area contributed by atoms with Crippen molar-refractivity contribution >= 4 is 0 Å². The Kier molecular flexibility index (Phi) is 4.62. The fourth-order valence-electron chi connectivity index (χ4n) is 1.75. The van der Waals surface area contributed by atoms with E-state index in [1.807, 2.05) is 0 Å². The van der Waals surface area contributed by atoms with Crippen molar-refractivity contribution in [2.75, 3.05) is 6.61 Å². The van der Waals surface area contributed by atoms with Gasteiger partial charge in [-0.25, -0.2) is 0 Å². The third-order valence-corrected chi connectivity index (χ3v) is 2.53. The van der Waals surface area contributed by atoms with Crippen molar-refractivity contribution in [3.63, 3.8) is 0 Å². The van der Waals surface area contributed by atoms with Gasteiger partial charge >= 0.3 is 0 Å². The average molecular weight is 172 g/mol. The summed E-state index contributed by atoms with van der Waals surface area (Å²) >= 11 is 0. The van der Waals surface area contributed by atoms with Crippen molar-refractivity contribution in [2.24, 2.45) is 0 Å². The molecule has 0 unspecified atom stereocenters. The molecular formula is C10H20O2. The minimum Gasteiger partial charge on any atom is -0.394 e. The van der Waals surface area contributed by atoms with Crippen LogP contribution in [0.15, 0.2) is 0 Å². The summed E-state index contributed by atoms with van der Waals surface area (Å²) in [7, 11) is 0. The van der Waals surface area contributed by atoms with Gasteiger partial charge in [0.15, 0.2) is 0 Å². The van der Waals surface area contributed by atoms with Crippen LogP contribution in [0.1, 0.15) is 45.4 Å². The van der Waals surface area contributed by atoms with Gasteiger partial charge in [-0.3, -0.25) is 0 Å². The number of hydrogen-bond donors (Lipinski definition) is 1. The molecule has 0 bridgehead atoms. The summed E-state index contributed by atoms with van der Waals surface area (Å²) in [6.45, 7) is 2.41. The van der Waals surface area contributed by atoms with Crippen molar-refractivity contribution in [2.45, 2.75) is 57.7 Å². The first-order valence-electron chi connectivity index (χ1n) is 5.13.